The molecule has 3 nitrogen and oxygen atoms in total. The second-order valence-corrected chi connectivity index (χ2v) is 8.98. The van der Waals surface area contributed by atoms with Crippen molar-refractivity contribution in [1.29, 1.82) is 0 Å². The van der Waals surface area contributed by atoms with Crippen LogP contribution in [0.15, 0.2) is 72.9 Å². The van der Waals surface area contributed by atoms with E-state index < -0.39 is 17.3 Å². The number of hydrogen-bond acceptors (Lipinski definition) is 3. The van der Waals surface area contributed by atoms with E-state index in [1.807, 2.05) is 30.3 Å². The molecule has 1 saturated carbocycles. The maximum atomic E-state index is 13.6. The van der Waals surface area contributed by atoms with Crippen LogP contribution in [0.4, 0.5) is 13.2 Å². The molecule has 0 radical (unpaired) electrons. The van der Waals surface area contributed by atoms with Crippen LogP contribution < -0.4 is 10.6 Å². The van der Waals surface area contributed by atoms with Gasteiger partial charge in [0.05, 0.1) is 21.8 Å². The van der Waals surface area contributed by atoms with E-state index in [0.717, 1.165) is 24.5 Å². The molecule has 3 aromatic rings. The number of pyridine rings is 1. The Labute approximate surface area is 197 Å². The highest BCUT2D eigenvalue weighted by Gasteiger charge is 2.38. The van der Waals surface area contributed by atoms with Crippen LogP contribution in [0, 0.1) is 0 Å². The molecule has 0 saturated heterocycles. The zero-order valence-corrected chi connectivity index (χ0v) is 19.0. The van der Waals surface area contributed by atoms with Crippen molar-refractivity contribution >= 4 is 11.6 Å². The third-order valence-electron chi connectivity index (χ3n) is 6.30. The zero-order valence-electron chi connectivity index (χ0n) is 18.2. The summed E-state index contributed by atoms with van der Waals surface area (Å²) in [5, 5.41) is 7.56. The molecule has 2 N–H and O–H groups in total. The first-order valence-electron chi connectivity index (χ1n) is 11.2. The molecule has 1 atom stereocenters. The van der Waals surface area contributed by atoms with E-state index in [9.17, 15) is 13.2 Å². The molecular weight excluding hydrogens is 447 g/mol. The normalized spacial score (nSPS) is 16.6. The maximum Gasteiger partial charge on any atom is 0.416 e. The van der Waals surface area contributed by atoms with Crippen molar-refractivity contribution in [3.8, 4) is 0 Å². The maximum absolute atomic E-state index is 13.6. The van der Waals surface area contributed by atoms with Gasteiger partial charge in [-0.2, -0.15) is 13.2 Å². The molecule has 1 aliphatic carbocycles. The largest absolute Gasteiger partial charge is 0.416 e. The Bertz CT molecular complexity index is 1030. The van der Waals surface area contributed by atoms with Crippen LogP contribution >= 0.6 is 11.6 Å². The summed E-state index contributed by atoms with van der Waals surface area (Å²) in [5.41, 5.74) is 0.434. The lowest BCUT2D eigenvalue weighted by atomic mass is 9.80. The van der Waals surface area contributed by atoms with Gasteiger partial charge in [0, 0.05) is 25.3 Å². The molecule has 2 aromatic carbocycles. The summed E-state index contributed by atoms with van der Waals surface area (Å²) in [6, 6.07) is 19.2. The van der Waals surface area contributed by atoms with Crippen LogP contribution in [0.2, 0.25) is 5.02 Å². The third kappa shape index (κ3) is 5.75. The van der Waals surface area contributed by atoms with Crippen molar-refractivity contribution in [3.63, 3.8) is 0 Å². The van der Waals surface area contributed by atoms with Crippen LogP contribution in [0.25, 0.3) is 0 Å². The van der Waals surface area contributed by atoms with E-state index in [0.29, 0.717) is 35.4 Å². The van der Waals surface area contributed by atoms with Gasteiger partial charge in [-0.15, -0.1) is 0 Å². The highest BCUT2D eigenvalue weighted by molar-refractivity contribution is 6.30. The van der Waals surface area contributed by atoms with Gasteiger partial charge in [0.25, 0.3) is 0 Å². The van der Waals surface area contributed by atoms with Crippen LogP contribution in [-0.2, 0) is 18.1 Å². The molecule has 1 fully saturated rings. The molecule has 0 aliphatic heterocycles. The summed E-state index contributed by atoms with van der Waals surface area (Å²) < 4.78 is 40.9. The van der Waals surface area contributed by atoms with E-state index in [1.54, 1.807) is 18.2 Å². The molecule has 33 heavy (non-hydrogen) atoms. The Balaban J connectivity index is 1.80. The Morgan fingerprint density at radius 2 is 1.64 bits per heavy atom. The first kappa shape index (κ1) is 23.7. The molecule has 1 aromatic heterocycles. The van der Waals surface area contributed by atoms with Crippen molar-refractivity contribution in [2.24, 2.45) is 0 Å². The number of rotatable bonds is 8. The lowest BCUT2D eigenvalue weighted by Crippen LogP contribution is -2.51. The molecular formula is C26H27ClF3N3. The quantitative estimate of drug-likeness (QED) is 0.376. The van der Waals surface area contributed by atoms with E-state index in [2.05, 4.69) is 15.6 Å². The minimum absolute atomic E-state index is 0.409. The first-order valence-corrected chi connectivity index (χ1v) is 11.6. The van der Waals surface area contributed by atoms with E-state index in [-0.39, 0.29) is 0 Å². The number of benzene rings is 2. The fraction of sp³-hybridized carbons (Fsp3) is 0.346. The van der Waals surface area contributed by atoms with Gasteiger partial charge < -0.3 is 5.32 Å². The van der Waals surface area contributed by atoms with Crippen LogP contribution in [-0.4, -0.2) is 17.7 Å². The molecule has 4 rings (SSSR count). The van der Waals surface area contributed by atoms with Crippen molar-refractivity contribution in [3.05, 3.63) is 100 Å². The topological polar surface area (TPSA) is 37.0 Å². The Morgan fingerprint density at radius 1 is 0.909 bits per heavy atom. The summed E-state index contributed by atoms with van der Waals surface area (Å²) in [4.78, 5) is 4.56. The molecule has 0 amide bonds. The van der Waals surface area contributed by atoms with Crippen LogP contribution in [0.3, 0.4) is 0 Å². The number of hydrogen-bond donors (Lipinski definition) is 2. The smallest absolute Gasteiger partial charge is 0.302 e. The molecule has 7 heteroatoms. The summed E-state index contributed by atoms with van der Waals surface area (Å²) in [5.74, 6) is 0. The van der Waals surface area contributed by atoms with Gasteiger partial charge in [-0.3, -0.25) is 10.3 Å². The number of halogens is 4. The van der Waals surface area contributed by atoms with Gasteiger partial charge in [0.2, 0.25) is 0 Å². The predicted octanol–water partition coefficient (Wildman–Crippen LogP) is 6.32. The fourth-order valence-corrected chi connectivity index (χ4v) is 4.67. The Morgan fingerprint density at radius 3 is 2.30 bits per heavy atom. The van der Waals surface area contributed by atoms with Crippen molar-refractivity contribution < 1.29 is 13.2 Å². The summed E-state index contributed by atoms with van der Waals surface area (Å²) >= 11 is 6.10. The van der Waals surface area contributed by atoms with Gasteiger partial charge in [-0.25, -0.2) is 0 Å². The second kappa shape index (κ2) is 10.2. The van der Waals surface area contributed by atoms with Crippen molar-refractivity contribution in [1.82, 2.24) is 15.6 Å². The van der Waals surface area contributed by atoms with E-state index >= 15 is 0 Å². The standard InChI is InChI=1S/C26H27ClF3N3/c27-22-13-14-24(31-17-22)25(16-19-7-2-1-3-8-19,33-18-32-23-11-4-5-12-23)20-9-6-10-21(15-20)26(28,29)30/h1-3,6-10,13-15,17,23,32-33H,4-5,11-12,16,18H2. The van der Waals surface area contributed by atoms with Gasteiger partial charge in [-0.1, -0.05) is 66.9 Å². The number of alkyl halides is 3. The summed E-state index contributed by atoms with van der Waals surface area (Å²) in [6.07, 6.45) is 2.13. The zero-order chi connectivity index (χ0) is 23.3. The first-order chi connectivity index (χ1) is 15.9. The Kier molecular flexibility index (Phi) is 7.37. The molecule has 0 spiro atoms. The number of nitrogens with zero attached hydrogens (tertiary/aromatic N) is 1. The third-order valence-corrected chi connectivity index (χ3v) is 6.52. The molecule has 1 unspecified atom stereocenters. The van der Waals surface area contributed by atoms with Crippen LogP contribution in [0.5, 0.6) is 0 Å². The second-order valence-electron chi connectivity index (χ2n) is 8.55. The van der Waals surface area contributed by atoms with E-state index in [4.69, 9.17) is 11.6 Å². The van der Waals surface area contributed by atoms with Crippen molar-refractivity contribution in [2.75, 3.05) is 6.67 Å². The fourth-order valence-electron chi connectivity index (χ4n) is 4.56. The van der Waals surface area contributed by atoms with Gasteiger partial charge in [0.15, 0.2) is 0 Å². The van der Waals surface area contributed by atoms with Crippen LogP contribution in [0.1, 0.15) is 48.1 Å². The van der Waals surface area contributed by atoms with Crippen molar-refractivity contribution in [2.45, 2.75) is 49.9 Å². The monoisotopic (exact) mass is 473 g/mol. The molecule has 1 heterocycles. The number of aromatic nitrogens is 1. The Hall–Kier alpha value is -2.41. The minimum atomic E-state index is -4.44. The average molecular weight is 474 g/mol. The number of nitrogens with one attached hydrogen (secondary N) is 2. The molecule has 1 aliphatic rings. The lowest BCUT2D eigenvalue weighted by molar-refractivity contribution is -0.137. The average Bonchev–Trinajstić information content (AvgIpc) is 3.33. The lowest BCUT2D eigenvalue weighted by Gasteiger charge is -2.36. The highest BCUT2D eigenvalue weighted by Crippen LogP contribution is 2.37. The SMILES string of the molecule is FC(F)(F)c1cccc(C(Cc2ccccc2)(NCNC2CCCC2)c2ccc(Cl)cn2)c1. The minimum Gasteiger partial charge on any atom is -0.302 e. The summed E-state index contributed by atoms with van der Waals surface area (Å²) in [6.45, 7) is 0.443. The summed E-state index contributed by atoms with van der Waals surface area (Å²) in [7, 11) is 0. The van der Waals surface area contributed by atoms with E-state index in [1.165, 1.54) is 31.2 Å². The van der Waals surface area contributed by atoms with Gasteiger partial charge in [0.1, 0.15) is 0 Å². The molecule has 174 valence electrons. The predicted molar refractivity (Wildman–Crippen MR) is 125 cm³/mol. The molecule has 0 bridgehead atoms. The van der Waals surface area contributed by atoms with Gasteiger partial charge in [-0.05, 0) is 48.2 Å². The van der Waals surface area contributed by atoms with Gasteiger partial charge >= 0.3 is 6.18 Å². The highest BCUT2D eigenvalue weighted by atomic mass is 35.5.